The fourth-order valence-corrected chi connectivity index (χ4v) is 0.487. The number of rotatable bonds is 2. The van der Waals surface area contributed by atoms with Crippen LogP contribution >= 0.6 is 0 Å². The van der Waals surface area contributed by atoms with Crippen LogP contribution in [0.1, 0.15) is 0 Å². The van der Waals surface area contributed by atoms with Crippen LogP contribution in [-0.4, -0.2) is 41.2 Å². The van der Waals surface area contributed by atoms with Crippen molar-refractivity contribution in [2.24, 2.45) is 10.2 Å². The van der Waals surface area contributed by atoms with Crippen LogP contribution in [0, 0.1) is 0 Å². The zero-order chi connectivity index (χ0) is 8.23. The van der Waals surface area contributed by atoms with Crippen molar-refractivity contribution < 1.29 is 0 Å². The third kappa shape index (κ3) is 1.25. The number of azo groups is 1. The van der Waals surface area contributed by atoms with E-state index in [2.05, 4.69) is 51.5 Å². The van der Waals surface area contributed by atoms with Gasteiger partial charge in [0.05, 0.1) is 0 Å². The average molecular weight is 166 g/mol. The lowest BCUT2D eigenvalue weighted by molar-refractivity contribution is 0.881. The smallest absolute Gasteiger partial charge is 0.175 e. The fraction of sp³-hybridized carbons (Fsp3) is 0. The first kappa shape index (κ1) is 6.45. The second-order valence-corrected chi connectivity index (χ2v) is 1.62. The molecule has 0 saturated heterocycles. The molecule has 2 heterocycles. The second kappa shape index (κ2) is 2.77. The maximum atomic E-state index is 3.53. The van der Waals surface area contributed by atoms with Gasteiger partial charge in [0.25, 0.3) is 0 Å². The van der Waals surface area contributed by atoms with Gasteiger partial charge in [-0.2, -0.15) is 10.4 Å². The van der Waals surface area contributed by atoms with Gasteiger partial charge in [-0.05, 0) is 10.4 Å². The number of nitrogens with zero attached hydrogens (tertiary/aromatic N) is 8. The predicted molar refractivity (Wildman–Crippen MR) is 32.5 cm³/mol. The van der Waals surface area contributed by atoms with Gasteiger partial charge in [0.1, 0.15) is 0 Å². The van der Waals surface area contributed by atoms with Gasteiger partial charge < -0.3 is 0 Å². The van der Waals surface area contributed by atoms with Crippen LogP contribution in [0.5, 0.6) is 0 Å². The van der Waals surface area contributed by atoms with Gasteiger partial charge in [0.2, 0.25) is 0 Å². The van der Waals surface area contributed by atoms with Gasteiger partial charge in [-0.15, -0.1) is 20.4 Å². The molecule has 0 unspecified atom stereocenters. The molecule has 0 aromatic carbocycles. The van der Waals surface area contributed by atoms with Crippen LogP contribution < -0.4 is 0 Å². The number of H-pyrrole nitrogens is 2. The van der Waals surface area contributed by atoms with E-state index in [1.54, 1.807) is 0 Å². The molecule has 10 nitrogen and oxygen atoms in total. The van der Waals surface area contributed by atoms with Crippen LogP contribution in [0.2, 0.25) is 0 Å². The van der Waals surface area contributed by atoms with E-state index in [1.165, 1.54) is 0 Å². The van der Waals surface area contributed by atoms with Crippen molar-refractivity contribution in [2.45, 2.75) is 0 Å². The molecule has 0 fully saturated rings. The molecule has 2 N–H and O–H groups in total. The van der Waals surface area contributed by atoms with Gasteiger partial charge in [-0.25, -0.2) is 0 Å². The molecule has 0 aliphatic heterocycles. The summed E-state index contributed by atoms with van der Waals surface area (Å²) in [5.74, 6) is 0.222. The van der Waals surface area contributed by atoms with Crippen molar-refractivity contribution >= 4 is 11.9 Å². The Balaban J connectivity index is 2.14. The van der Waals surface area contributed by atoms with Crippen molar-refractivity contribution in [3.05, 3.63) is 0 Å². The molecule has 0 aliphatic carbocycles. The van der Waals surface area contributed by atoms with Crippen LogP contribution in [0.4, 0.5) is 11.9 Å². The summed E-state index contributed by atoms with van der Waals surface area (Å²) in [5.41, 5.74) is 0. The molecule has 0 amide bonds. The van der Waals surface area contributed by atoms with Crippen molar-refractivity contribution in [1.82, 2.24) is 41.2 Å². The van der Waals surface area contributed by atoms with E-state index in [-0.39, 0.29) is 11.9 Å². The molecule has 2 aromatic heterocycles. The molecule has 0 aliphatic rings. The van der Waals surface area contributed by atoms with E-state index < -0.39 is 0 Å². The zero-order valence-corrected chi connectivity index (χ0v) is 5.58. The zero-order valence-electron chi connectivity index (χ0n) is 5.58. The first-order chi connectivity index (χ1) is 5.95. The molecule has 0 saturated carbocycles. The van der Waals surface area contributed by atoms with Gasteiger partial charge in [0.15, 0.2) is 0 Å². The number of aromatic amines is 2. The molecule has 0 radical (unpaired) electrons. The number of hydrogen-bond donors (Lipinski definition) is 2. The van der Waals surface area contributed by atoms with Crippen LogP contribution in [0.15, 0.2) is 10.2 Å². The number of nitrogens with one attached hydrogen (secondary N) is 2. The van der Waals surface area contributed by atoms with Gasteiger partial charge >= 0.3 is 11.9 Å². The number of hydrogen-bond acceptors (Lipinski definition) is 8. The normalized spacial score (nSPS) is 11.0. The van der Waals surface area contributed by atoms with Crippen LogP contribution in [0.3, 0.4) is 0 Å². The first-order valence-electron chi connectivity index (χ1n) is 2.84. The minimum atomic E-state index is 0.111. The summed E-state index contributed by atoms with van der Waals surface area (Å²) in [6.07, 6.45) is 0. The maximum absolute atomic E-state index is 3.53. The van der Waals surface area contributed by atoms with E-state index in [9.17, 15) is 0 Å². The highest BCUT2D eigenvalue weighted by atomic mass is 15.5. The molecule has 0 atom stereocenters. The lowest BCUT2D eigenvalue weighted by Gasteiger charge is -1.74. The van der Waals surface area contributed by atoms with E-state index in [0.29, 0.717) is 0 Å². The lowest BCUT2D eigenvalue weighted by Crippen LogP contribution is -1.68. The summed E-state index contributed by atoms with van der Waals surface area (Å²) in [6.45, 7) is 0. The van der Waals surface area contributed by atoms with Gasteiger partial charge in [-0.3, -0.25) is 0 Å². The Morgan fingerprint density at radius 3 is 1.67 bits per heavy atom. The molecule has 0 bridgehead atoms. The summed E-state index contributed by atoms with van der Waals surface area (Å²) in [6, 6.07) is 0. The largest absolute Gasteiger partial charge is 0.307 e. The third-order valence-corrected chi connectivity index (χ3v) is 0.897. The molecule has 60 valence electrons. The Hall–Kier alpha value is -2.26. The quantitative estimate of drug-likeness (QED) is 0.556. The summed E-state index contributed by atoms with van der Waals surface area (Å²) >= 11 is 0. The van der Waals surface area contributed by atoms with E-state index >= 15 is 0 Å². The Bertz CT molecular complexity index is 305. The van der Waals surface area contributed by atoms with Crippen LogP contribution in [0.25, 0.3) is 0 Å². The summed E-state index contributed by atoms with van der Waals surface area (Å²) in [5, 5.41) is 32.1. The summed E-state index contributed by atoms with van der Waals surface area (Å²) < 4.78 is 0. The standard InChI is InChI=1S/C2H2N10/c3(1-5-9-10-6-1)4-2-7-11-12-8-2/h(H,5,6,9,10)(H,7,8,11,12). The Kier molecular flexibility index (Phi) is 1.49. The average Bonchev–Trinajstić information content (AvgIpc) is 2.74. The Labute approximate surface area is 64.5 Å². The van der Waals surface area contributed by atoms with Crippen molar-refractivity contribution in [3.8, 4) is 0 Å². The summed E-state index contributed by atoms with van der Waals surface area (Å²) in [4.78, 5) is 0. The Morgan fingerprint density at radius 2 is 1.33 bits per heavy atom. The van der Waals surface area contributed by atoms with Crippen molar-refractivity contribution in [3.63, 3.8) is 0 Å². The predicted octanol–water partition coefficient (Wildman–Crippen LogP) is -0.872. The fourth-order valence-electron chi connectivity index (χ4n) is 0.487. The number of aromatic nitrogens is 8. The molecule has 0 spiro atoms. The van der Waals surface area contributed by atoms with Crippen LogP contribution in [-0.2, 0) is 0 Å². The van der Waals surface area contributed by atoms with E-state index in [1.807, 2.05) is 0 Å². The highest BCUT2D eigenvalue weighted by molar-refractivity contribution is 5.10. The van der Waals surface area contributed by atoms with Gasteiger partial charge in [-0.1, -0.05) is 10.2 Å². The SMILES string of the molecule is N(=Nc1nn[nH]n1)c1nn[nH]n1. The molecular formula is C2H2N10. The summed E-state index contributed by atoms with van der Waals surface area (Å²) in [7, 11) is 0. The highest BCUT2D eigenvalue weighted by Crippen LogP contribution is 2.04. The molecule has 12 heavy (non-hydrogen) atoms. The lowest BCUT2D eigenvalue weighted by atomic mass is 11.1. The topological polar surface area (TPSA) is 134 Å². The van der Waals surface area contributed by atoms with E-state index in [0.717, 1.165) is 0 Å². The molecule has 2 rings (SSSR count). The first-order valence-corrected chi connectivity index (χ1v) is 2.84. The second-order valence-electron chi connectivity index (χ2n) is 1.62. The molecular weight excluding hydrogens is 164 g/mol. The number of tetrazole rings is 2. The van der Waals surface area contributed by atoms with Crippen molar-refractivity contribution in [1.29, 1.82) is 0 Å². The third-order valence-electron chi connectivity index (χ3n) is 0.897. The Morgan fingerprint density at radius 1 is 0.833 bits per heavy atom. The highest BCUT2D eigenvalue weighted by Gasteiger charge is 1.95. The van der Waals surface area contributed by atoms with Crippen molar-refractivity contribution in [2.75, 3.05) is 0 Å². The minimum absolute atomic E-state index is 0.111. The molecule has 10 heteroatoms. The van der Waals surface area contributed by atoms with Gasteiger partial charge in [0, 0.05) is 0 Å². The molecule has 2 aromatic rings. The van der Waals surface area contributed by atoms with E-state index in [4.69, 9.17) is 0 Å². The minimum Gasteiger partial charge on any atom is -0.175 e. The maximum Gasteiger partial charge on any atom is 0.307 e. The monoisotopic (exact) mass is 166 g/mol.